The van der Waals surface area contributed by atoms with E-state index in [9.17, 15) is 0 Å². The van der Waals surface area contributed by atoms with Crippen molar-refractivity contribution in [2.24, 2.45) is 0 Å². The Morgan fingerprint density at radius 2 is 2.19 bits per heavy atom. The fraction of sp³-hybridized carbons (Fsp3) is 0.556. The number of hydrogen-bond donors (Lipinski definition) is 1. The zero-order valence-corrected chi connectivity index (χ0v) is 13.4. The molecule has 2 heterocycles. The van der Waals surface area contributed by atoms with Crippen molar-refractivity contribution in [3.05, 3.63) is 35.0 Å². The fourth-order valence-electron chi connectivity index (χ4n) is 3.30. The number of aryl methyl sites for hydroxylation is 1. The fourth-order valence-corrected chi connectivity index (χ4v) is 3.30. The van der Waals surface area contributed by atoms with Gasteiger partial charge in [-0.05, 0) is 56.5 Å². The van der Waals surface area contributed by atoms with E-state index in [1.165, 1.54) is 40.6 Å². The Morgan fingerprint density at radius 1 is 1.33 bits per heavy atom. The Hall–Kier alpha value is -1.32. The van der Waals surface area contributed by atoms with Gasteiger partial charge in [-0.2, -0.15) is 0 Å². The molecule has 1 aliphatic heterocycles. The minimum atomic E-state index is 0.389. The number of fused-ring (bicyclic) bond motifs is 1. The van der Waals surface area contributed by atoms with Crippen molar-refractivity contribution >= 4 is 10.9 Å². The van der Waals surface area contributed by atoms with Crippen LogP contribution in [0.3, 0.4) is 0 Å². The first-order chi connectivity index (χ1) is 10.2. The van der Waals surface area contributed by atoms with Crippen LogP contribution in [0, 0.1) is 13.8 Å². The van der Waals surface area contributed by atoms with Crippen molar-refractivity contribution in [3.63, 3.8) is 0 Å². The van der Waals surface area contributed by atoms with Crippen LogP contribution >= 0.6 is 0 Å². The first-order valence-corrected chi connectivity index (χ1v) is 8.11. The third-order valence-corrected chi connectivity index (χ3v) is 4.69. The summed E-state index contributed by atoms with van der Waals surface area (Å²) in [6, 6.07) is 6.86. The molecule has 0 spiro atoms. The molecule has 0 aliphatic carbocycles. The average Bonchev–Trinajstić information content (AvgIpc) is 3.09. The third kappa shape index (κ3) is 2.85. The molecule has 1 aromatic carbocycles. The number of ether oxygens (including phenoxy) is 1. The Balaban J connectivity index is 1.94. The number of nitrogens with zero attached hydrogens (tertiary/aromatic N) is 1. The zero-order valence-electron chi connectivity index (χ0n) is 13.4. The van der Waals surface area contributed by atoms with Crippen molar-refractivity contribution in [3.8, 4) is 0 Å². The van der Waals surface area contributed by atoms with Gasteiger partial charge in [-0.15, -0.1) is 0 Å². The van der Waals surface area contributed by atoms with Crippen LogP contribution in [0.25, 0.3) is 10.9 Å². The molecule has 1 saturated heterocycles. The molecule has 1 aliphatic rings. The molecule has 3 heteroatoms. The molecule has 1 unspecified atom stereocenters. The van der Waals surface area contributed by atoms with Crippen molar-refractivity contribution in [1.82, 2.24) is 9.88 Å². The lowest BCUT2D eigenvalue weighted by Crippen LogP contribution is -2.15. The highest BCUT2D eigenvalue weighted by Gasteiger charge is 2.19. The molecular formula is C18H26N2O. The molecule has 0 radical (unpaired) electrons. The quantitative estimate of drug-likeness (QED) is 0.910. The maximum Gasteiger partial charge on any atom is 0.0754 e. The molecule has 1 N–H and O–H groups in total. The second-order valence-corrected chi connectivity index (χ2v) is 6.09. The predicted octanol–water partition coefficient (Wildman–Crippen LogP) is 3.55. The predicted molar refractivity (Wildman–Crippen MR) is 87.8 cm³/mol. The number of benzene rings is 1. The van der Waals surface area contributed by atoms with E-state index in [2.05, 4.69) is 48.9 Å². The van der Waals surface area contributed by atoms with Gasteiger partial charge in [0.25, 0.3) is 0 Å². The molecule has 0 bridgehead atoms. The molecule has 1 aromatic heterocycles. The van der Waals surface area contributed by atoms with Gasteiger partial charge in [0.05, 0.1) is 6.10 Å². The van der Waals surface area contributed by atoms with Crippen molar-refractivity contribution in [1.29, 1.82) is 0 Å². The number of nitrogens with one attached hydrogen (secondary N) is 1. The summed E-state index contributed by atoms with van der Waals surface area (Å²) >= 11 is 0. The lowest BCUT2D eigenvalue weighted by atomic mass is 10.1. The minimum Gasteiger partial charge on any atom is -0.376 e. The second-order valence-electron chi connectivity index (χ2n) is 6.09. The Morgan fingerprint density at radius 3 is 2.90 bits per heavy atom. The molecule has 1 atom stereocenters. The van der Waals surface area contributed by atoms with Crippen LogP contribution in [0.5, 0.6) is 0 Å². The molecule has 114 valence electrons. The van der Waals surface area contributed by atoms with Crippen LogP contribution < -0.4 is 5.32 Å². The average molecular weight is 286 g/mol. The van der Waals surface area contributed by atoms with E-state index >= 15 is 0 Å². The Bertz CT molecular complexity index is 624. The minimum absolute atomic E-state index is 0.389. The van der Waals surface area contributed by atoms with Crippen molar-refractivity contribution in [2.45, 2.75) is 52.8 Å². The molecule has 3 rings (SSSR count). The van der Waals surface area contributed by atoms with E-state index in [-0.39, 0.29) is 0 Å². The lowest BCUT2D eigenvalue weighted by molar-refractivity contribution is 0.0976. The second kappa shape index (κ2) is 6.20. The highest BCUT2D eigenvalue weighted by Crippen LogP contribution is 2.28. The maximum atomic E-state index is 5.82. The van der Waals surface area contributed by atoms with Crippen LogP contribution in [-0.2, 0) is 17.8 Å². The van der Waals surface area contributed by atoms with Gasteiger partial charge < -0.3 is 14.6 Å². The molecule has 21 heavy (non-hydrogen) atoms. The van der Waals surface area contributed by atoms with E-state index in [1.54, 1.807) is 0 Å². The standard InChI is InChI=1S/C18H26N2O/c1-4-19-11-15-7-8-18-17(10-15)13(2)14(3)20(18)12-16-6-5-9-21-16/h7-8,10,16,19H,4-6,9,11-12H2,1-3H3. The zero-order chi connectivity index (χ0) is 14.8. The smallest absolute Gasteiger partial charge is 0.0754 e. The summed E-state index contributed by atoms with van der Waals surface area (Å²) in [5.41, 5.74) is 5.49. The van der Waals surface area contributed by atoms with Crippen molar-refractivity contribution in [2.75, 3.05) is 13.2 Å². The van der Waals surface area contributed by atoms with E-state index in [0.29, 0.717) is 6.10 Å². The van der Waals surface area contributed by atoms with Gasteiger partial charge >= 0.3 is 0 Å². The SMILES string of the molecule is CCNCc1ccc2c(c1)c(C)c(C)n2CC1CCCO1. The summed E-state index contributed by atoms with van der Waals surface area (Å²) in [5.74, 6) is 0. The third-order valence-electron chi connectivity index (χ3n) is 4.69. The summed E-state index contributed by atoms with van der Waals surface area (Å²) in [6.45, 7) is 10.5. The van der Waals surface area contributed by atoms with Gasteiger partial charge in [0.15, 0.2) is 0 Å². The van der Waals surface area contributed by atoms with Crippen LogP contribution in [0.1, 0.15) is 36.6 Å². The largest absolute Gasteiger partial charge is 0.376 e. The van der Waals surface area contributed by atoms with Gasteiger partial charge in [0.2, 0.25) is 0 Å². The van der Waals surface area contributed by atoms with E-state index < -0.39 is 0 Å². The van der Waals surface area contributed by atoms with Crippen molar-refractivity contribution < 1.29 is 4.74 Å². The van der Waals surface area contributed by atoms with Gasteiger partial charge in [0, 0.05) is 36.3 Å². The van der Waals surface area contributed by atoms with Crippen LogP contribution in [0.4, 0.5) is 0 Å². The van der Waals surface area contributed by atoms with Crippen LogP contribution in [0.2, 0.25) is 0 Å². The highest BCUT2D eigenvalue weighted by molar-refractivity contribution is 5.86. The number of hydrogen-bond acceptors (Lipinski definition) is 2. The van der Waals surface area contributed by atoms with Gasteiger partial charge in [-0.3, -0.25) is 0 Å². The Kier molecular flexibility index (Phi) is 4.32. The lowest BCUT2D eigenvalue weighted by Gasteiger charge is -2.14. The topological polar surface area (TPSA) is 26.2 Å². The summed E-state index contributed by atoms with van der Waals surface area (Å²) in [5, 5.41) is 4.79. The molecule has 2 aromatic rings. The van der Waals surface area contributed by atoms with E-state index in [4.69, 9.17) is 4.74 Å². The highest BCUT2D eigenvalue weighted by atomic mass is 16.5. The first-order valence-electron chi connectivity index (χ1n) is 8.11. The van der Waals surface area contributed by atoms with Gasteiger partial charge in [-0.1, -0.05) is 13.0 Å². The Labute approximate surface area is 127 Å². The van der Waals surface area contributed by atoms with Crippen LogP contribution in [0.15, 0.2) is 18.2 Å². The van der Waals surface area contributed by atoms with Gasteiger partial charge in [-0.25, -0.2) is 0 Å². The van der Waals surface area contributed by atoms with E-state index in [0.717, 1.165) is 26.2 Å². The molecular weight excluding hydrogens is 260 g/mol. The molecule has 0 saturated carbocycles. The summed E-state index contributed by atoms with van der Waals surface area (Å²) < 4.78 is 8.26. The normalized spacial score (nSPS) is 18.7. The molecule has 1 fully saturated rings. The first kappa shape index (κ1) is 14.6. The summed E-state index contributed by atoms with van der Waals surface area (Å²) in [6.07, 6.45) is 2.78. The molecule has 3 nitrogen and oxygen atoms in total. The molecule has 0 amide bonds. The van der Waals surface area contributed by atoms with Crippen LogP contribution in [-0.4, -0.2) is 23.8 Å². The number of aromatic nitrogens is 1. The number of rotatable bonds is 5. The maximum absolute atomic E-state index is 5.82. The summed E-state index contributed by atoms with van der Waals surface area (Å²) in [7, 11) is 0. The van der Waals surface area contributed by atoms with Gasteiger partial charge in [0.1, 0.15) is 0 Å². The van der Waals surface area contributed by atoms with E-state index in [1.807, 2.05) is 0 Å². The monoisotopic (exact) mass is 286 g/mol. The summed E-state index contributed by atoms with van der Waals surface area (Å²) in [4.78, 5) is 0.